The van der Waals surface area contributed by atoms with Gasteiger partial charge in [-0.15, -0.1) is 10.2 Å². The van der Waals surface area contributed by atoms with Crippen molar-refractivity contribution in [3.63, 3.8) is 0 Å². The number of aromatic nitrogens is 4. The molecular weight excluding hydrogens is 332 g/mol. The lowest BCUT2D eigenvalue weighted by Crippen LogP contribution is -2.10. The molecule has 26 heavy (non-hydrogen) atoms. The third kappa shape index (κ3) is 3.92. The molecule has 2 aromatic heterocycles. The Balaban J connectivity index is 1.72. The van der Waals surface area contributed by atoms with Gasteiger partial charge < -0.3 is 15.5 Å². The first-order valence-electron chi connectivity index (χ1n) is 7.96. The highest BCUT2D eigenvalue weighted by atomic mass is 16.5. The molecule has 0 fully saturated rings. The molecule has 1 aromatic carbocycles. The van der Waals surface area contributed by atoms with Crippen LogP contribution < -0.4 is 5.73 Å². The molecule has 3 aromatic rings. The van der Waals surface area contributed by atoms with Gasteiger partial charge in [-0.2, -0.15) is 0 Å². The number of nitrogens with zero attached hydrogens (tertiary/aromatic N) is 3. The van der Waals surface area contributed by atoms with Crippen molar-refractivity contribution in [3.05, 3.63) is 53.9 Å². The van der Waals surface area contributed by atoms with Gasteiger partial charge in [-0.3, -0.25) is 10.2 Å². The van der Waals surface area contributed by atoms with Gasteiger partial charge in [0.15, 0.2) is 5.82 Å². The monoisotopic (exact) mass is 350 g/mol. The van der Waals surface area contributed by atoms with Crippen LogP contribution in [0.25, 0.3) is 22.8 Å². The maximum absolute atomic E-state index is 11.2. The molecule has 0 bridgehead atoms. The Hall–Kier alpha value is -3.55. The maximum atomic E-state index is 11.2. The van der Waals surface area contributed by atoms with Gasteiger partial charge in [0, 0.05) is 23.0 Å². The number of imidazole rings is 1. The number of nitrogen functional groups attached to an aromatic ring is 1. The van der Waals surface area contributed by atoms with E-state index in [1.165, 1.54) is 7.11 Å². The quantitative estimate of drug-likeness (QED) is 0.354. The Morgan fingerprint density at radius 1 is 1.15 bits per heavy atom. The summed E-state index contributed by atoms with van der Waals surface area (Å²) in [5, 5.41) is 15.8. The Labute approximate surface area is 150 Å². The van der Waals surface area contributed by atoms with Crippen LogP contribution in [0.2, 0.25) is 0 Å². The molecule has 0 aliphatic rings. The number of benzene rings is 1. The fraction of sp³-hybridized carbons (Fsp3) is 0.167. The number of carbonyl (C=O) groups excluding carboxylic acids is 1. The first-order valence-corrected chi connectivity index (χ1v) is 7.96. The summed E-state index contributed by atoms with van der Waals surface area (Å²) in [6.45, 7) is 0. The lowest BCUT2D eigenvalue weighted by Gasteiger charge is -2.03. The number of rotatable bonds is 6. The molecule has 0 atom stereocenters. The Morgan fingerprint density at radius 2 is 1.85 bits per heavy atom. The zero-order chi connectivity index (χ0) is 18.5. The molecule has 0 amide bonds. The van der Waals surface area contributed by atoms with Crippen molar-refractivity contribution in [2.75, 3.05) is 7.11 Å². The minimum absolute atomic E-state index is 0.0267. The number of hydrogen-bond acceptors (Lipinski definition) is 6. The molecule has 0 aliphatic heterocycles. The van der Waals surface area contributed by atoms with Crippen molar-refractivity contribution in [2.24, 2.45) is 5.73 Å². The zero-order valence-electron chi connectivity index (χ0n) is 14.2. The van der Waals surface area contributed by atoms with E-state index in [9.17, 15) is 4.79 Å². The lowest BCUT2D eigenvalue weighted by molar-refractivity contribution is -0.140. The molecule has 0 aliphatic carbocycles. The summed E-state index contributed by atoms with van der Waals surface area (Å²) in [6, 6.07) is 10.9. The summed E-state index contributed by atoms with van der Waals surface area (Å²) in [5.41, 5.74) is 9.15. The summed E-state index contributed by atoms with van der Waals surface area (Å²) in [6.07, 6.45) is 2.49. The Kier molecular flexibility index (Phi) is 5.02. The smallest absolute Gasteiger partial charge is 0.305 e. The summed E-state index contributed by atoms with van der Waals surface area (Å²) >= 11 is 0. The number of nitrogens with one attached hydrogen (secondary N) is 2. The molecule has 8 heteroatoms. The van der Waals surface area contributed by atoms with E-state index >= 15 is 0 Å². The zero-order valence-corrected chi connectivity index (χ0v) is 14.2. The standard InChI is InChI=1S/C18H18N6O2/c1-26-16(25)9-6-13-10-21-18(22-13)15-8-7-14(23-24-15)11-2-4-12(5-3-11)17(19)20/h2-5,7-8,10H,6,9H2,1H3,(H3,19,20)(H,21,22). The number of aromatic amines is 1. The van der Waals surface area contributed by atoms with Gasteiger partial charge in [0.2, 0.25) is 0 Å². The number of H-pyrrole nitrogens is 1. The number of hydrogen-bond donors (Lipinski definition) is 3. The molecular formula is C18H18N6O2. The van der Waals surface area contributed by atoms with Gasteiger partial charge >= 0.3 is 5.97 Å². The van der Waals surface area contributed by atoms with Crippen LogP contribution in [0.3, 0.4) is 0 Å². The fourth-order valence-corrected chi connectivity index (χ4v) is 2.39. The number of esters is 1. The van der Waals surface area contributed by atoms with Crippen LogP contribution in [0.15, 0.2) is 42.6 Å². The van der Waals surface area contributed by atoms with Crippen molar-refractivity contribution >= 4 is 11.8 Å². The van der Waals surface area contributed by atoms with E-state index in [1.54, 1.807) is 18.3 Å². The highest BCUT2D eigenvalue weighted by molar-refractivity contribution is 5.95. The van der Waals surface area contributed by atoms with Crippen LogP contribution >= 0.6 is 0 Å². The number of nitrogens with two attached hydrogens (primary N) is 1. The number of amidine groups is 1. The predicted octanol–water partition coefficient (Wildman–Crippen LogP) is 1.92. The van der Waals surface area contributed by atoms with Crippen LogP contribution in [0, 0.1) is 5.41 Å². The molecule has 4 N–H and O–H groups in total. The van der Waals surface area contributed by atoms with Crippen molar-refractivity contribution in [1.82, 2.24) is 20.2 Å². The van der Waals surface area contributed by atoms with Crippen molar-refractivity contribution < 1.29 is 9.53 Å². The molecule has 0 radical (unpaired) electrons. The topological polar surface area (TPSA) is 131 Å². The minimum atomic E-state index is -0.263. The Bertz CT molecular complexity index is 916. The molecule has 0 unspecified atom stereocenters. The second-order valence-corrected chi connectivity index (χ2v) is 5.63. The van der Waals surface area contributed by atoms with E-state index in [2.05, 4.69) is 24.9 Å². The SMILES string of the molecule is COC(=O)CCc1cnc(-c2ccc(-c3ccc(C(=N)N)cc3)nn2)[nH]1. The highest BCUT2D eigenvalue weighted by Crippen LogP contribution is 2.19. The number of ether oxygens (including phenoxy) is 1. The molecule has 132 valence electrons. The number of aryl methyl sites for hydroxylation is 1. The fourth-order valence-electron chi connectivity index (χ4n) is 2.39. The Morgan fingerprint density at radius 3 is 2.46 bits per heavy atom. The van der Waals surface area contributed by atoms with Crippen LogP contribution in [-0.2, 0) is 16.0 Å². The minimum Gasteiger partial charge on any atom is -0.469 e. The van der Waals surface area contributed by atoms with Gasteiger partial charge in [0.25, 0.3) is 0 Å². The van der Waals surface area contributed by atoms with E-state index in [-0.39, 0.29) is 11.8 Å². The van der Waals surface area contributed by atoms with Crippen molar-refractivity contribution in [1.29, 1.82) is 5.41 Å². The lowest BCUT2D eigenvalue weighted by atomic mass is 10.1. The largest absolute Gasteiger partial charge is 0.469 e. The van der Waals surface area contributed by atoms with Gasteiger partial charge in [-0.25, -0.2) is 4.98 Å². The average molecular weight is 350 g/mol. The summed E-state index contributed by atoms with van der Waals surface area (Å²) in [7, 11) is 1.37. The van der Waals surface area contributed by atoms with E-state index in [4.69, 9.17) is 11.1 Å². The summed E-state index contributed by atoms with van der Waals surface area (Å²) in [5.74, 6) is 0.357. The van der Waals surface area contributed by atoms with Crippen LogP contribution in [-0.4, -0.2) is 39.1 Å². The first kappa shape index (κ1) is 17.3. The van der Waals surface area contributed by atoms with Gasteiger partial charge in [-0.1, -0.05) is 24.3 Å². The normalized spacial score (nSPS) is 10.5. The van der Waals surface area contributed by atoms with Gasteiger partial charge in [0.1, 0.15) is 11.5 Å². The second-order valence-electron chi connectivity index (χ2n) is 5.63. The molecule has 0 saturated carbocycles. The maximum Gasteiger partial charge on any atom is 0.305 e. The van der Waals surface area contributed by atoms with E-state index in [0.717, 1.165) is 11.3 Å². The van der Waals surface area contributed by atoms with E-state index < -0.39 is 0 Å². The highest BCUT2D eigenvalue weighted by Gasteiger charge is 2.09. The van der Waals surface area contributed by atoms with Crippen molar-refractivity contribution in [2.45, 2.75) is 12.8 Å². The molecule has 0 saturated heterocycles. The average Bonchev–Trinajstić information content (AvgIpc) is 3.15. The summed E-state index contributed by atoms with van der Waals surface area (Å²) < 4.78 is 4.62. The van der Waals surface area contributed by atoms with Crippen LogP contribution in [0.1, 0.15) is 17.7 Å². The third-order valence-corrected chi connectivity index (χ3v) is 3.85. The first-order chi connectivity index (χ1) is 12.6. The third-order valence-electron chi connectivity index (χ3n) is 3.85. The molecule has 0 spiro atoms. The molecule has 8 nitrogen and oxygen atoms in total. The van der Waals surface area contributed by atoms with E-state index in [1.807, 2.05) is 24.3 Å². The number of methoxy groups -OCH3 is 1. The van der Waals surface area contributed by atoms with Gasteiger partial charge in [0.05, 0.1) is 19.2 Å². The summed E-state index contributed by atoms with van der Waals surface area (Å²) in [4.78, 5) is 18.6. The molecule has 3 rings (SSSR count). The van der Waals surface area contributed by atoms with Gasteiger partial charge in [-0.05, 0) is 18.6 Å². The van der Waals surface area contributed by atoms with Crippen molar-refractivity contribution in [3.8, 4) is 22.8 Å². The van der Waals surface area contributed by atoms with Crippen LogP contribution in [0.4, 0.5) is 0 Å². The van der Waals surface area contributed by atoms with E-state index in [0.29, 0.717) is 35.6 Å². The molecule has 2 heterocycles. The predicted molar refractivity (Wildman–Crippen MR) is 96.4 cm³/mol. The number of carbonyl (C=O) groups is 1. The van der Waals surface area contributed by atoms with Crippen LogP contribution in [0.5, 0.6) is 0 Å². The second kappa shape index (κ2) is 7.56.